The number of rotatable bonds is 5. The molecule has 2 rings (SSSR count). The van der Waals surface area contributed by atoms with Gasteiger partial charge in [0, 0.05) is 24.8 Å². The molecule has 1 aromatic carbocycles. The molecular formula is C17H25F2NO. The Bertz CT molecular complexity index is 454. The van der Waals surface area contributed by atoms with E-state index in [-0.39, 0.29) is 11.6 Å². The van der Waals surface area contributed by atoms with Crippen molar-refractivity contribution in [1.82, 2.24) is 5.32 Å². The molecule has 4 heteroatoms. The average Bonchev–Trinajstić information content (AvgIpc) is 2.46. The molecule has 0 radical (unpaired) electrons. The van der Waals surface area contributed by atoms with Gasteiger partial charge in [-0.05, 0) is 50.3 Å². The predicted octanol–water partition coefficient (Wildman–Crippen LogP) is 4.35. The van der Waals surface area contributed by atoms with E-state index < -0.39 is 11.6 Å². The first kappa shape index (κ1) is 16.4. The van der Waals surface area contributed by atoms with Crippen LogP contribution in [0.4, 0.5) is 8.78 Å². The molecule has 0 spiro atoms. The minimum Gasteiger partial charge on any atom is -0.375 e. The molecule has 0 saturated carbocycles. The molecule has 1 saturated heterocycles. The number of hydrogen-bond acceptors (Lipinski definition) is 2. The van der Waals surface area contributed by atoms with Crippen LogP contribution in [0.15, 0.2) is 18.2 Å². The number of hydrogen-bond donors (Lipinski definition) is 1. The summed E-state index contributed by atoms with van der Waals surface area (Å²) < 4.78 is 32.6. The van der Waals surface area contributed by atoms with E-state index in [9.17, 15) is 8.78 Å². The monoisotopic (exact) mass is 297 g/mol. The second-order valence-electron chi connectivity index (χ2n) is 6.02. The van der Waals surface area contributed by atoms with Gasteiger partial charge in [-0.15, -0.1) is 0 Å². The Hall–Kier alpha value is -1.00. The van der Waals surface area contributed by atoms with E-state index in [1.54, 1.807) is 0 Å². The highest BCUT2D eigenvalue weighted by atomic mass is 19.1. The predicted molar refractivity (Wildman–Crippen MR) is 80.2 cm³/mol. The van der Waals surface area contributed by atoms with Gasteiger partial charge in [-0.2, -0.15) is 0 Å². The summed E-state index contributed by atoms with van der Waals surface area (Å²) >= 11 is 0. The van der Waals surface area contributed by atoms with E-state index in [1.807, 2.05) is 6.92 Å². The van der Waals surface area contributed by atoms with Crippen molar-refractivity contribution in [3.63, 3.8) is 0 Å². The SMILES string of the molecule is CCC1(CC)CC(NC(C)c2cc(F)cc(F)c2)CCO1. The molecular weight excluding hydrogens is 272 g/mol. The fourth-order valence-corrected chi connectivity index (χ4v) is 3.19. The van der Waals surface area contributed by atoms with Gasteiger partial charge >= 0.3 is 0 Å². The molecule has 1 aromatic rings. The minimum atomic E-state index is -0.526. The van der Waals surface area contributed by atoms with Crippen molar-refractivity contribution in [2.75, 3.05) is 6.61 Å². The minimum absolute atomic E-state index is 0.0528. The fraction of sp³-hybridized carbons (Fsp3) is 0.647. The largest absolute Gasteiger partial charge is 0.375 e. The summed E-state index contributed by atoms with van der Waals surface area (Å²) in [6.07, 6.45) is 3.86. The van der Waals surface area contributed by atoms with Crippen molar-refractivity contribution < 1.29 is 13.5 Å². The van der Waals surface area contributed by atoms with E-state index >= 15 is 0 Å². The van der Waals surface area contributed by atoms with Crippen LogP contribution < -0.4 is 5.32 Å². The van der Waals surface area contributed by atoms with Gasteiger partial charge in [0.05, 0.1) is 5.60 Å². The highest BCUT2D eigenvalue weighted by Gasteiger charge is 2.34. The third-order valence-electron chi connectivity index (χ3n) is 4.65. The Morgan fingerprint density at radius 3 is 2.43 bits per heavy atom. The van der Waals surface area contributed by atoms with Crippen molar-refractivity contribution in [2.45, 2.75) is 64.1 Å². The Morgan fingerprint density at radius 2 is 1.86 bits per heavy atom. The maximum atomic E-state index is 13.3. The normalized spacial score (nSPS) is 23.0. The van der Waals surface area contributed by atoms with E-state index in [1.165, 1.54) is 12.1 Å². The van der Waals surface area contributed by atoms with Crippen LogP contribution in [0.1, 0.15) is 58.1 Å². The molecule has 0 bridgehead atoms. The summed E-state index contributed by atoms with van der Waals surface area (Å²) in [5.41, 5.74) is 0.598. The molecule has 1 aliphatic heterocycles. The molecule has 1 aliphatic rings. The van der Waals surface area contributed by atoms with Crippen molar-refractivity contribution in [1.29, 1.82) is 0 Å². The lowest BCUT2D eigenvalue weighted by Gasteiger charge is -2.41. The lowest BCUT2D eigenvalue weighted by Crippen LogP contribution is -2.47. The van der Waals surface area contributed by atoms with Gasteiger partial charge in [0.2, 0.25) is 0 Å². The highest BCUT2D eigenvalue weighted by molar-refractivity contribution is 5.21. The topological polar surface area (TPSA) is 21.3 Å². The summed E-state index contributed by atoms with van der Waals surface area (Å²) in [7, 11) is 0. The molecule has 0 aromatic heterocycles. The molecule has 1 N–H and O–H groups in total. The van der Waals surface area contributed by atoms with Crippen LogP contribution in [0, 0.1) is 11.6 Å². The van der Waals surface area contributed by atoms with Crippen LogP contribution in [0.3, 0.4) is 0 Å². The first-order valence-corrected chi connectivity index (χ1v) is 7.84. The van der Waals surface area contributed by atoms with Gasteiger partial charge in [0.15, 0.2) is 0 Å². The molecule has 0 amide bonds. The lowest BCUT2D eigenvalue weighted by molar-refractivity contribution is -0.0939. The van der Waals surface area contributed by atoms with Gasteiger partial charge in [-0.3, -0.25) is 0 Å². The Morgan fingerprint density at radius 1 is 1.24 bits per heavy atom. The second kappa shape index (κ2) is 6.84. The van der Waals surface area contributed by atoms with Gasteiger partial charge in [-0.1, -0.05) is 13.8 Å². The van der Waals surface area contributed by atoms with Gasteiger partial charge in [0.25, 0.3) is 0 Å². The maximum absolute atomic E-state index is 13.3. The molecule has 1 heterocycles. The van der Waals surface area contributed by atoms with E-state index in [2.05, 4.69) is 19.2 Å². The lowest BCUT2D eigenvalue weighted by atomic mass is 9.85. The molecule has 0 aliphatic carbocycles. The second-order valence-corrected chi connectivity index (χ2v) is 6.02. The Kier molecular flexibility index (Phi) is 5.33. The summed E-state index contributed by atoms with van der Waals surface area (Å²) in [5.74, 6) is -1.05. The van der Waals surface area contributed by atoms with Gasteiger partial charge < -0.3 is 10.1 Å². The van der Waals surface area contributed by atoms with Crippen molar-refractivity contribution in [3.05, 3.63) is 35.4 Å². The van der Waals surface area contributed by atoms with Crippen LogP contribution in [-0.4, -0.2) is 18.2 Å². The maximum Gasteiger partial charge on any atom is 0.126 e. The summed E-state index contributed by atoms with van der Waals surface area (Å²) in [6, 6.07) is 3.94. The van der Waals surface area contributed by atoms with E-state index in [0.717, 1.165) is 38.4 Å². The third-order valence-corrected chi connectivity index (χ3v) is 4.65. The average molecular weight is 297 g/mol. The number of ether oxygens (including phenoxy) is 1. The fourth-order valence-electron chi connectivity index (χ4n) is 3.19. The zero-order valence-electron chi connectivity index (χ0n) is 13.1. The Labute approximate surface area is 125 Å². The first-order valence-electron chi connectivity index (χ1n) is 7.84. The molecule has 2 atom stereocenters. The standard InChI is InChI=1S/C17H25F2NO/c1-4-17(5-2)11-16(6-7-21-17)20-12(3)13-8-14(18)10-15(19)9-13/h8-10,12,16,20H,4-7,11H2,1-3H3. The molecule has 1 fully saturated rings. The van der Waals surface area contributed by atoms with E-state index in [0.29, 0.717) is 11.6 Å². The summed E-state index contributed by atoms with van der Waals surface area (Å²) in [5, 5.41) is 3.50. The van der Waals surface area contributed by atoms with Crippen LogP contribution in [0.25, 0.3) is 0 Å². The zero-order chi connectivity index (χ0) is 15.5. The zero-order valence-corrected chi connectivity index (χ0v) is 13.1. The van der Waals surface area contributed by atoms with Crippen molar-refractivity contribution >= 4 is 0 Å². The van der Waals surface area contributed by atoms with Crippen LogP contribution in [0.2, 0.25) is 0 Å². The van der Waals surface area contributed by atoms with Gasteiger partial charge in [0.1, 0.15) is 11.6 Å². The number of nitrogens with one attached hydrogen (secondary N) is 1. The van der Waals surface area contributed by atoms with Crippen LogP contribution >= 0.6 is 0 Å². The van der Waals surface area contributed by atoms with Gasteiger partial charge in [-0.25, -0.2) is 8.78 Å². The first-order chi connectivity index (χ1) is 9.98. The highest BCUT2D eigenvalue weighted by Crippen LogP contribution is 2.32. The third kappa shape index (κ3) is 4.01. The summed E-state index contributed by atoms with van der Waals surface area (Å²) in [6.45, 7) is 6.99. The smallest absolute Gasteiger partial charge is 0.126 e. The Balaban J connectivity index is 2.03. The molecule has 118 valence electrons. The van der Waals surface area contributed by atoms with Crippen LogP contribution in [0.5, 0.6) is 0 Å². The number of halogens is 2. The van der Waals surface area contributed by atoms with Crippen LogP contribution in [-0.2, 0) is 4.74 Å². The molecule has 2 nitrogen and oxygen atoms in total. The summed E-state index contributed by atoms with van der Waals surface area (Å²) in [4.78, 5) is 0. The molecule has 21 heavy (non-hydrogen) atoms. The quantitative estimate of drug-likeness (QED) is 0.872. The number of benzene rings is 1. The van der Waals surface area contributed by atoms with Crippen molar-refractivity contribution in [2.24, 2.45) is 0 Å². The molecule has 2 unspecified atom stereocenters. The van der Waals surface area contributed by atoms with Crippen molar-refractivity contribution in [3.8, 4) is 0 Å². The van der Waals surface area contributed by atoms with E-state index in [4.69, 9.17) is 4.74 Å².